The van der Waals surface area contributed by atoms with Crippen LogP contribution in [0.25, 0.3) is 11.3 Å². The molecule has 114 valence electrons. The Hall–Kier alpha value is -1.95. The van der Waals surface area contributed by atoms with Gasteiger partial charge in [-0.1, -0.05) is 13.8 Å². The molecule has 0 spiro atoms. The van der Waals surface area contributed by atoms with Crippen LogP contribution in [0.1, 0.15) is 13.8 Å². The molecule has 2 atom stereocenters. The van der Waals surface area contributed by atoms with Crippen LogP contribution in [-0.2, 0) is 0 Å². The van der Waals surface area contributed by atoms with Gasteiger partial charge >= 0.3 is 6.03 Å². The number of fused-ring (bicyclic) bond motifs is 1. The van der Waals surface area contributed by atoms with Crippen molar-refractivity contribution in [1.29, 1.82) is 0 Å². The van der Waals surface area contributed by atoms with Crippen molar-refractivity contribution in [2.75, 3.05) is 18.4 Å². The number of aromatic nitrogens is 2. The van der Waals surface area contributed by atoms with Gasteiger partial charge in [0, 0.05) is 36.4 Å². The van der Waals surface area contributed by atoms with E-state index in [2.05, 4.69) is 29.1 Å². The van der Waals surface area contributed by atoms with Gasteiger partial charge in [0.1, 0.15) is 0 Å². The normalized spacial score (nSPS) is 24.9. The van der Waals surface area contributed by atoms with Crippen molar-refractivity contribution in [2.45, 2.75) is 13.8 Å². The fourth-order valence-electron chi connectivity index (χ4n) is 3.45. The number of hydrogen-bond acceptors (Lipinski definition) is 4. The summed E-state index contributed by atoms with van der Waals surface area (Å²) in [7, 11) is 0. The average molecular weight is 314 g/mol. The van der Waals surface area contributed by atoms with E-state index in [4.69, 9.17) is 0 Å². The van der Waals surface area contributed by atoms with Gasteiger partial charge < -0.3 is 4.90 Å². The minimum absolute atomic E-state index is 0.0323. The molecule has 2 unspecified atom stereocenters. The number of nitrogens with zero attached hydrogens (tertiary/aromatic N) is 3. The first-order valence-corrected chi connectivity index (χ1v) is 8.35. The molecule has 2 aromatic heterocycles. The number of piperidine rings is 1. The highest BCUT2D eigenvalue weighted by Crippen LogP contribution is 2.61. The zero-order chi connectivity index (χ0) is 15.3. The Bertz CT molecular complexity index is 698. The van der Waals surface area contributed by atoms with Gasteiger partial charge in [-0.2, -0.15) is 0 Å². The summed E-state index contributed by atoms with van der Waals surface area (Å²) in [5, 5.41) is 5.50. The number of carbonyl (C=O) groups is 1. The van der Waals surface area contributed by atoms with Crippen molar-refractivity contribution in [2.24, 2.45) is 17.3 Å². The molecule has 0 aromatic carbocycles. The molecule has 0 bridgehead atoms. The highest BCUT2D eigenvalue weighted by atomic mass is 32.1. The lowest BCUT2D eigenvalue weighted by Gasteiger charge is -2.21. The van der Waals surface area contributed by atoms with Crippen LogP contribution < -0.4 is 5.32 Å². The third-order valence-electron chi connectivity index (χ3n) is 5.08. The van der Waals surface area contributed by atoms with Crippen LogP contribution in [0.2, 0.25) is 0 Å². The van der Waals surface area contributed by atoms with Crippen molar-refractivity contribution < 1.29 is 4.79 Å². The fraction of sp³-hybridized carbons (Fsp3) is 0.438. The molecule has 1 aliphatic heterocycles. The summed E-state index contributed by atoms with van der Waals surface area (Å²) in [5.74, 6) is 1.33. The first kappa shape index (κ1) is 13.7. The first-order chi connectivity index (χ1) is 10.6. The highest BCUT2D eigenvalue weighted by Gasteiger charge is 2.62. The Balaban J connectivity index is 1.40. The monoisotopic (exact) mass is 314 g/mol. The smallest absolute Gasteiger partial charge is 0.323 e. The number of anilines is 1. The standard InChI is InChI=1S/C16H18N4OS/c1-16(2)11-7-20(8-12(11)16)15(21)19-14-18-13(9-22-14)10-4-3-5-17-6-10/h3-6,9,11-12H,7-8H2,1-2H3,(H,18,19,21). The van der Waals surface area contributed by atoms with Gasteiger partial charge in [0.15, 0.2) is 5.13 Å². The Morgan fingerprint density at radius 2 is 2.18 bits per heavy atom. The number of rotatable bonds is 2. The van der Waals surface area contributed by atoms with Crippen molar-refractivity contribution >= 4 is 22.5 Å². The molecule has 1 aliphatic carbocycles. The molecule has 3 heterocycles. The number of carbonyl (C=O) groups excluding carboxylic acids is 1. The number of likely N-dealkylation sites (tertiary alicyclic amines) is 1. The summed E-state index contributed by atoms with van der Waals surface area (Å²) in [6, 6.07) is 3.81. The molecule has 1 saturated carbocycles. The highest BCUT2D eigenvalue weighted by molar-refractivity contribution is 7.14. The van der Waals surface area contributed by atoms with E-state index in [0.29, 0.717) is 22.4 Å². The fourth-order valence-corrected chi connectivity index (χ4v) is 4.16. The molecule has 6 heteroatoms. The number of urea groups is 1. The predicted octanol–water partition coefficient (Wildman–Crippen LogP) is 3.32. The van der Waals surface area contributed by atoms with Crippen molar-refractivity contribution in [1.82, 2.24) is 14.9 Å². The summed E-state index contributed by atoms with van der Waals surface area (Å²) in [4.78, 5) is 22.8. The lowest BCUT2D eigenvalue weighted by Crippen LogP contribution is -2.36. The van der Waals surface area contributed by atoms with Crippen LogP contribution in [0.3, 0.4) is 0 Å². The maximum Gasteiger partial charge on any atom is 0.323 e. The van der Waals surface area contributed by atoms with Gasteiger partial charge in [0.2, 0.25) is 0 Å². The van der Waals surface area contributed by atoms with Gasteiger partial charge in [0.25, 0.3) is 0 Å². The second kappa shape index (κ2) is 4.78. The number of nitrogens with one attached hydrogen (secondary N) is 1. The van der Waals surface area contributed by atoms with Crippen molar-refractivity contribution in [3.05, 3.63) is 29.9 Å². The summed E-state index contributed by atoms with van der Waals surface area (Å²) < 4.78 is 0. The molecule has 2 aliphatic rings. The third kappa shape index (κ3) is 2.18. The van der Waals surface area contributed by atoms with Crippen molar-refractivity contribution in [3.63, 3.8) is 0 Å². The van der Waals surface area contributed by atoms with Crippen molar-refractivity contribution in [3.8, 4) is 11.3 Å². The molecule has 22 heavy (non-hydrogen) atoms. The van der Waals surface area contributed by atoms with E-state index in [1.54, 1.807) is 12.4 Å². The van der Waals surface area contributed by atoms with Crippen LogP contribution >= 0.6 is 11.3 Å². The quantitative estimate of drug-likeness (QED) is 0.925. The van der Waals surface area contributed by atoms with Gasteiger partial charge in [-0.25, -0.2) is 9.78 Å². The molecular formula is C16H18N4OS. The number of pyridine rings is 1. The Kier molecular flexibility index (Phi) is 2.97. The summed E-state index contributed by atoms with van der Waals surface area (Å²) in [5.41, 5.74) is 2.23. The minimum atomic E-state index is -0.0323. The molecule has 2 amide bonds. The van der Waals surface area contributed by atoms with Crippen LogP contribution in [-0.4, -0.2) is 34.0 Å². The van der Waals surface area contributed by atoms with Gasteiger partial charge in [0.05, 0.1) is 5.69 Å². The van der Waals surface area contributed by atoms with Crippen LogP contribution in [0.5, 0.6) is 0 Å². The molecule has 1 saturated heterocycles. The van der Waals surface area contributed by atoms with Gasteiger partial charge in [-0.3, -0.25) is 10.3 Å². The van der Waals surface area contributed by atoms with E-state index in [1.165, 1.54) is 11.3 Å². The molecule has 0 radical (unpaired) electrons. The molecule has 1 N–H and O–H groups in total. The van der Waals surface area contributed by atoms with E-state index in [1.807, 2.05) is 22.4 Å². The minimum Gasteiger partial charge on any atom is -0.324 e. The topological polar surface area (TPSA) is 58.1 Å². The Morgan fingerprint density at radius 1 is 1.41 bits per heavy atom. The van der Waals surface area contributed by atoms with Gasteiger partial charge in [-0.15, -0.1) is 11.3 Å². The summed E-state index contributed by atoms with van der Waals surface area (Å²) >= 11 is 1.45. The molecule has 5 nitrogen and oxygen atoms in total. The molecule has 2 fully saturated rings. The second-order valence-electron chi connectivity index (χ2n) is 6.65. The average Bonchev–Trinajstić information content (AvgIpc) is 2.98. The first-order valence-electron chi connectivity index (χ1n) is 7.47. The van der Waals surface area contributed by atoms with Crippen LogP contribution in [0, 0.1) is 17.3 Å². The Morgan fingerprint density at radius 3 is 2.86 bits per heavy atom. The van der Waals surface area contributed by atoms with Crippen LogP contribution in [0.15, 0.2) is 29.9 Å². The molecule has 2 aromatic rings. The summed E-state index contributed by atoms with van der Waals surface area (Å²) in [6.45, 7) is 6.31. The van der Waals surface area contributed by atoms with E-state index in [-0.39, 0.29) is 6.03 Å². The zero-order valence-electron chi connectivity index (χ0n) is 12.6. The summed E-state index contributed by atoms with van der Waals surface area (Å²) in [6.07, 6.45) is 3.51. The number of amides is 2. The third-order valence-corrected chi connectivity index (χ3v) is 5.84. The van der Waals surface area contributed by atoms with Gasteiger partial charge in [-0.05, 0) is 29.4 Å². The van der Waals surface area contributed by atoms with E-state index in [9.17, 15) is 4.79 Å². The number of thiazole rings is 1. The largest absolute Gasteiger partial charge is 0.324 e. The SMILES string of the molecule is CC1(C)C2CN(C(=O)Nc3nc(-c4cccnc4)cs3)CC21. The second-order valence-corrected chi connectivity index (χ2v) is 7.51. The predicted molar refractivity (Wildman–Crippen MR) is 86.7 cm³/mol. The van der Waals surface area contributed by atoms with E-state index < -0.39 is 0 Å². The molecular weight excluding hydrogens is 296 g/mol. The Labute approximate surface area is 133 Å². The van der Waals surface area contributed by atoms with E-state index >= 15 is 0 Å². The van der Waals surface area contributed by atoms with E-state index in [0.717, 1.165) is 24.3 Å². The van der Waals surface area contributed by atoms with Crippen LogP contribution in [0.4, 0.5) is 9.93 Å². The zero-order valence-corrected chi connectivity index (χ0v) is 13.4. The lowest BCUT2D eigenvalue weighted by atomic mass is 10.1. The lowest BCUT2D eigenvalue weighted by molar-refractivity contribution is 0.209. The maximum absolute atomic E-state index is 12.3. The maximum atomic E-state index is 12.3. The molecule has 4 rings (SSSR count). The number of hydrogen-bond donors (Lipinski definition) is 1.